The molecule has 0 fully saturated rings. The van der Waals surface area contributed by atoms with Gasteiger partial charge in [-0.3, -0.25) is 0 Å². The third-order valence-corrected chi connectivity index (χ3v) is 3.37. The average Bonchev–Trinajstić information content (AvgIpc) is 2.90. The predicted octanol–water partition coefficient (Wildman–Crippen LogP) is 2.05. The van der Waals surface area contributed by atoms with E-state index in [1.807, 2.05) is 0 Å². The largest absolute Gasteiger partial charge is 0.307 e. The van der Waals surface area contributed by atoms with Crippen molar-refractivity contribution in [2.75, 3.05) is 0 Å². The Labute approximate surface area is 113 Å². The summed E-state index contributed by atoms with van der Waals surface area (Å²) in [4.78, 5) is 0. The van der Waals surface area contributed by atoms with Crippen LogP contribution in [0.25, 0.3) is 0 Å². The van der Waals surface area contributed by atoms with Crippen LogP contribution in [0.3, 0.4) is 0 Å². The van der Waals surface area contributed by atoms with Crippen molar-refractivity contribution < 1.29 is 0 Å². The third kappa shape index (κ3) is 3.86. The molecule has 1 atom stereocenters. The molecule has 2 N–H and O–H groups in total. The zero-order chi connectivity index (χ0) is 13.7. The first-order valence-electron chi connectivity index (χ1n) is 6.59. The average molecular weight is 259 g/mol. The van der Waals surface area contributed by atoms with Crippen LogP contribution in [0.1, 0.15) is 38.6 Å². The van der Waals surface area contributed by atoms with Crippen molar-refractivity contribution in [1.29, 1.82) is 0 Å². The highest BCUT2D eigenvalue weighted by molar-refractivity contribution is 5.23. The molecule has 1 unspecified atom stereocenters. The van der Waals surface area contributed by atoms with Crippen LogP contribution in [0.5, 0.6) is 0 Å². The Morgan fingerprint density at radius 2 is 2.00 bits per heavy atom. The normalized spacial score (nSPS) is 13.4. The Balaban J connectivity index is 1.89. The van der Waals surface area contributed by atoms with Crippen molar-refractivity contribution in [3.8, 4) is 0 Å². The monoisotopic (exact) mass is 259 g/mol. The maximum absolute atomic E-state index is 3.93. The van der Waals surface area contributed by atoms with Crippen LogP contribution in [0, 0.1) is 0 Å². The van der Waals surface area contributed by atoms with Crippen molar-refractivity contribution in [3.05, 3.63) is 41.7 Å². The molecule has 2 rings (SSSR count). The Morgan fingerprint density at radius 1 is 1.26 bits per heavy atom. The maximum Gasteiger partial charge on any atom is 0.188 e. The van der Waals surface area contributed by atoms with E-state index < -0.39 is 0 Å². The second-order valence-electron chi connectivity index (χ2n) is 5.56. The van der Waals surface area contributed by atoms with E-state index in [0.717, 1.165) is 6.42 Å². The first kappa shape index (κ1) is 13.7. The number of hydrogen-bond acceptors (Lipinski definition) is 4. The summed E-state index contributed by atoms with van der Waals surface area (Å²) in [7, 11) is 0. The topological polar surface area (TPSA) is 66.5 Å². The van der Waals surface area contributed by atoms with E-state index in [1.165, 1.54) is 5.56 Å². The molecular weight excluding hydrogens is 238 g/mol. The molecule has 0 aliphatic carbocycles. The fraction of sp³-hybridized carbons (Fsp3) is 0.500. The summed E-state index contributed by atoms with van der Waals surface area (Å²) in [5.41, 5.74) is 1.51. The molecule has 0 bridgehead atoms. The van der Waals surface area contributed by atoms with E-state index in [9.17, 15) is 0 Å². The van der Waals surface area contributed by atoms with Gasteiger partial charge in [0, 0.05) is 6.04 Å². The molecule has 0 spiro atoms. The maximum atomic E-state index is 3.93. The lowest BCUT2D eigenvalue weighted by Gasteiger charge is -2.29. The number of nitrogens with one attached hydrogen (secondary N) is 2. The second-order valence-corrected chi connectivity index (χ2v) is 5.56. The van der Waals surface area contributed by atoms with Crippen molar-refractivity contribution in [2.24, 2.45) is 0 Å². The van der Waals surface area contributed by atoms with Gasteiger partial charge >= 0.3 is 0 Å². The summed E-state index contributed by atoms with van der Waals surface area (Å²) < 4.78 is 0. The van der Waals surface area contributed by atoms with Gasteiger partial charge in [0.2, 0.25) is 0 Å². The number of aromatic nitrogens is 4. The highest BCUT2D eigenvalue weighted by Gasteiger charge is 2.23. The number of tetrazole rings is 1. The van der Waals surface area contributed by atoms with Crippen molar-refractivity contribution >= 4 is 0 Å². The molecule has 1 aromatic carbocycles. The van der Waals surface area contributed by atoms with Crippen LogP contribution in [0.2, 0.25) is 0 Å². The molecule has 19 heavy (non-hydrogen) atoms. The van der Waals surface area contributed by atoms with Crippen LogP contribution in [0.15, 0.2) is 30.3 Å². The van der Waals surface area contributed by atoms with Gasteiger partial charge in [-0.25, -0.2) is 0 Å². The Morgan fingerprint density at radius 3 is 2.63 bits per heavy atom. The molecule has 0 radical (unpaired) electrons. The second kappa shape index (κ2) is 5.93. The molecule has 5 nitrogen and oxygen atoms in total. The van der Waals surface area contributed by atoms with Gasteiger partial charge in [0.15, 0.2) is 5.82 Å². The van der Waals surface area contributed by atoms with E-state index in [0.29, 0.717) is 18.4 Å². The van der Waals surface area contributed by atoms with Gasteiger partial charge in [-0.05, 0) is 24.3 Å². The lowest BCUT2D eigenvalue weighted by atomic mass is 9.79. The molecule has 2 aromatic rings. The number of H-pyrrole nitrogens is 1. The van der Waals surface area contributed by atoms with Gasteiger partial charge < -0.3 is 5.32 Å². The highest BCUT2D eigenvalue weighted by Crippen LogP contribution is 2.28. The van der Waals surface area contributed by atoms with Gasteiger partial charge in [0.25, 0.3) is 0 Å². The fourth-order valence-electron chi connectivity index (χ4n) is 2.37. The van der Waals surface area contributed by atoms with E-state index in [-0.39, 0.29) is 5.41 Å². The molecule has 1 heterocycles. The fourth-order valence-corrected chi connectivity index (χ4v) is 2.37. The summed E-state index contributed by atoms with van der Waals surface area (Å²) in [6.07, 6.45) is 1.05. The van der Waals surface area contributed by atoms with Crippen molar-refractivity contribution in [3.63, 3.8) is 0 Å². The standard InChI is InChI=1S/C14H21N5/c1-11(15-10-13-16-18-19-17-13)9-14(2,3)12-7-5-4-6-8-12/h4-8,11,15H,9-10H2,1-3H3,(H,16,17,18,19). The van der Waals surface area contributed by atoms with Crippen molar-refractivity contribution in [1.82, 2.24) is 25.9 Å². The first-order valence-corrected chi connectivity index (χ1v) is 6.59. The van der Waals surface area contributed by atoms with Gasteiger partial charge in [0.05, 0.1) is 6.54 Å². The van der Waals surface area contributed by atoms with E-state index in [1.54, 1.807) is 0 Å². The quantitative estimate of drug-likeness (QED) is 0.833. The summed E-state index contributed by atoms with van der Waals surface area (Å²) in [5.74, 6) is 0.698. The first-order chi connectivity index (χ1) is 9.08. The minimum atomic E-state index is 0.144. The molecule has 0 saturated carbocycles. The molecular formula is C14H21N5. The molecule has 5 heteroatoms. The van der Waals surface area contributed by atoms with E-state index in [2.05, 4.69) is 77.0 Å². The van der Waals surface area contributed by atoms with E-state index >= 15 is 0 Å². The summed E-state index contributed by atoms with van der Waals surface area (Å²) >= 11 is 0. The number of hydrogen-bond donors (Lipinski definition) is 2. The summed E-state index contributed by atoms with van der Waals surface area (Å²) in [6.45, 7) is 7.37. The zero-order valence-electron chi connectivity index (χ0n) is 11.7. The molecule has 0 amide bonds. The molecule has 0 saturated heterocycles. The van der Waals surface area contributed by atoms with Crippen molar-refractivity contribution in [2.45, 2.75) is 45.2 Å². The minimum Gasteiger partial charge on any atom is -0.307 e. The molecule has 0 aliphatic rings. The number of benzene rings is 1. The number of aromatic amines is 1. The van der Waals surface area contributed by atoms with E-state index in [4.69, 9.17) is 0 Å². The number of rotatable bonds is 6. The van der Waals surface area contributed by atoms with Gasteiger partial charge in [-0.1, -0.05) is 49.4 Å². The van der Waals surface area contributed by atoms with Gasteiger partial charge in [-0.2, -0.15) is 5.21 Å². The Bertz CT molecular complexity index is 478. The highest BCUT2D eigenvalue weighted by atomic mass is 15.5. The molecule has 0 aliphatic heterocycles. The van der Waals surface area contributed by atoms with Crippen LogP contribution >= 0.6 is 0 Å². The molecule has 1 aromatic heterocycles. The lowest BCUT2D eigenvalue weighted by molar-refractivity contribution is 0.385. The van der Waals surface area contributed by atoms with Gasteiger partial charge in [-0.15, -0.1) is 10.2 Å². The minimum absolute atomic E-state index is 0.144. The lowest BCUT2D eigenvalue weighted by Crippen LogP contribution is -2.33. The van der Waals surface area contributed by atoms with Crippen LogP contribution < -0.4 is 5.32 Å². The zero-order valence-corrected chi connectivity index (χ0v) is 11.7. The smallest absolute Gasteiger partial charge is 0.188 e. The Hall–Kier alpha value is -1.75. The van der Waals surface area contributed by atoms with Gasteiger partial charge in [0.1, 0.15) is 0 Å². The Kier molecular flexibility index (Phi) is 4.27. The SMILES string of the molecule is CC(CC(C)(C)c1ccccc1)NCc1nn[nH]n1. The summed E-state index contributed by atoms with van der Waals surface area (Å²) in [5, 5.41) is 17.3. The predicted molar refractivity (Wildman–Crippen MR) is 74.6 cm³/mol. The van der Waals surface area contributed by atoms with Crippen LogP contribution in [0.4, 0.5) is 0 Å². The van der Waals surface area contributed by atoms with Crippen LogP contribution in [-0.2, 0) is 12.0 Å². The molecule has 102 valence electrons. The summed E-state index contributed by atoms with van der Waals surface area (Å²) in [6, 6.07) is 11.0. The third-order valence-electron chi connectivity index (χ3n) is 3.37. The number of nitrogens with zero attached hydrogens (tertiary/aromatic N) is 3. The van der Waals surface area contributed by atoms with Crippen LogP contribution in [-0.4, -0.2) is 26.7 Å².